The Hall–Kier alpha value is -3.98. The van der Waals surface area contributed by atoms with Gasteiger partial charge in [-0.05, 0) is 28.8 Å². The van der Waals surface area contributed by atoms with E-state index in [1.54, 1.807) is 0 Å². The molecule has 0 aromatic heterocycles. The average Bonchev–Trinajstić information content (AvgIpc) is 3.24. The molecule has 0 N–H and O–H groups in total. The summed E-state index contributed by atoms with van der Waals surface area (Å²) in [5.74, 6) is 0.0122. The van der Waals surface area contributed by atoms with E-state index in [-0.39, 0.29) is 5.97 Å². The average molecular weight is 403 g/mol. The van der Waals surface area contributed by atoms with Crippen molar-refractivity contribution in [1.29, 1.82) is 0 Å². The van der Waals surface area contributed by atoms with E-state index in [9.17, 15) is 4.79 Å². The van der Waals surface area contributed by atoms with E-state index in [1.807, 2.05) is 84.9 Å². The van der Waals surface area contributed by atoms with E-state index in [1.165, 1.54) is 0 Å². The van der Waals surface area contributed by atoms with Gasteiger partial charge < -0.3 is 4.74 Å². The van der Waals surface area contributed by atoms with Gasteiger partial charge in [-0.3, -0.25) is 0 Å². The Kier molecular flexibility index (Phi) is 4.93. The number of nitrogens with zero attached hydrogens (tertiary/aromatic N) is 1. The first-order valence-electron chi connectivity index (χ1n) is 10.3. The molecule has 0 spiro atoms. The molecule has 31 heavy (non-hydrogen) atoms. The number of aliphatic imine (C=N–C) groups is 1. The fourth-order valence-electron chi connectivity index (χ4n) is 4.41. The minimum atomic E-state index is -0.822. The molecule has 0 amide bonds. The molecule has 1 heterocycles. The van der Waals surface area contributed by atoms with Crippen LogP contribution in [-0.4, -0.2) is 17.9 Å². The normalized spacial score (nSPS) is 15.9. The second kappa shape index (κ2) is 8.04. The fraction of sp³-hybridized carbons (Fsp3) is 0.0714. The molecule has 1 aliphatic heterocycles. The SMILES string of the molecule is O=C1OC(c2ccccc2)=NC1C(c1ccccc1)(c1ccccc1)c1ccccc1. The van der Waals surface area contributed by atoms with Gasteiger partial charge in [0.2, 0.25) is 5.90 Å². The molecule has 0 radical (unpaired) electrons. The Bertz CT molecular complexity index is 1110. The summed E-state index contributed by atoms with van der Waals surface area (Å²) in [4.78, 5) is 18.3. The van der Waals surface area contributed by atoms with Gasteiger partial charge in [0, 0.05) is 5.56 Å². The predicted molar refractivity (Wildman–Crippen MR) is 122 cm³/mol. The van der Waals surface area contributed by atoms with Crippen LogP contribution in [0, 0.1) is 0 Å². The van der Waals surface area contributed by atoms with Gasteiger partial charge in [0.1, 0.15) is 0 Å². The van der Waals surface area contributed by atoms with Gasteiger partial charge in [0.15, 0.2) is 6.04 Å². The maximum absolute atomic E-state index is 13.4. The minimum Gasteiger partial charge on any atom is -0.406 e. The monoisotopic (exact) mass is 403 g/mol. The van der Waals surface area contributed by atoms with E-state index < -0.39 is 11.5 Å². The molecular weight excluding hydrogens is 382 g/mol. The Morgan fingerprint density at radius 2 is 0.968 bits per heavy atom. The van der Waals surface area contributed by atoms with Crippen LogP contribution in [0.15, 0.2) is 126 Å². The number of hydrogen-bond donors (Lipinski definition) is 0. The lowest BCUT2D eigenvalue weighted by Gasteiger charge is -2.37. The number of ether oxygens (including phenoxy) is 1. The van der Waals surface area contributed by atoms with Gasteiger partial charge in [0.25, 0.3) is 0 Å². The van der Waals surface area contributed by atoms with Crippen molar-refractivity contribution in [2.24, 2.45) is 4.99 Å². The smallest absolute Gasteiger partial charge is 0.339 e. The summed E-state index contributed by atoms with van der Waals surface area (Å²) in [7, 11) is 0. The molecule has 3 heteroatoms. The van der Waals surface area contributed by atoms with E-state index in [0.717, 1.165) is 22.3 Å². The van der Waals surface area contributed by atoms with E-state index in [4.69, 9.17) is 9.73 Å². The molecular formula is C28H21NO2. The quantitative estimate of drug-likeness (QED) is 0.331. The molecule has 0 saturated heterocycles. The van der Waals surface area contributed by atoms with Crippen LogP contribution < -0.4 is 0 Å². The van der Waals surface area contributed by atoms with E-state index in [2.05, 4.69) is 36.4 Å². The maximum atomic E-state index is 13.4. The molecule has 0 aliphatic carbocycles. The van der Waals surface area contributed by atoms with Crippen LogP contribution in [0.25, 0.3) is 0 Å². The van der Waals surface area contributed by atoms with Crippen molar-refractivity contribution in [2.45, 2.75) is 11.5 Å². The number of hydrogen-bond acceptors (Lipinski definition) is 3. The number of carbonyl (C=O) groups excluding carboxylic acids is 1. The van der Waals surface area contributed by atoms with Crippen LogP contribution in [0.4, 0.5) is 0 Å². The van der Waals surface area contributed by atoms with E-state index >= 15 is 0 Å². The third kappa shape index (κ3) is 3.24. The van der Waals surface area contributed by atoms with Gasteiger partial charge in [0.05, 0.1) is 5.41 Å². The van der Waals surface area contributed by atoms with Crippen molar-refractivity contribution in [2.75, 3.05) is 0 Å². The number of cyclic esters (lactones) is 1. The first kappa shape index (κ1) is 19.0. The van der Waals surface area contributed by atoms with Crippen LogP contribution in [0.1, 0.15) is 22.3 Å². The molecule has 1 unspecified atom stereocenters. The first-order valence-corrected chi connectivity index (χ1v) is 10.3. The second-order valence-corrected chi connectivity index (χ2v) is 7.53. The van der Waals surface area contributed by atoms with Gasteiger partial charge in [-0.15, -0.1) is 0 Å². The lowest BCUT2D eigenvalue weighted by molar-refractivity contribution is -0.135. The highest BCUT2D eigenvalue weighted by atomic mass is 16.6. The third-order valence-electron chi connectivity index (χ3n) is 5.79. The number of benzene rings is 4. The predicted octanol–water partition coefficient (Wildman–Crippen LogP) is 5.39. The van der Waals surface area contributed by atoms with Gasteiger partial charge in [-0.2, -0.15) is 0 Å². The molecule has 1 atom stereocenters. The molecule has 0 saturated carbocycles. The first-order chi connectivity index (χ1) is 15.3. The highest BCUT2D eigenvalue weighted by Crippen LogP contribution is 2.45. The van der Waals surface area contributed by atoms with Gasteiger partial charge in [-0.1, -0.05) is 109 Å². The molecule has 150 valence electrons. The summed E-state index contributed by atoms with van der Waals surface area (Å²) >= 11 is 0. The van der Waals surface area contributed by atoms with Crippen LogP contribution in [0.3, 0.4) is 0 Å². The summed E-state index contributed by atoms with van der Waals surface area (Å²) < 4.78 is 5.74. The topological polar surface area (TPSA) is 38.7 Å². The summed E-state index contributed by atoms with van der Waals surface area (Å²) in [6.45, 7) is 0. The lowest BCUT2D eigenvalue weighted by atomic mass is 9.65. The van der Waals surface area contributed by atoms with Crippen LogP contribution in [-0.2, 0) is 14.9 Å². The fourth-order valence-corrected chi connectivity index (χ4v) is 4.41. The molecule has 0 fully saturated rings. The lowest BCUT2D eigenvalue weighted by Crippen LogP contribution is -2.44. The molecule has 5 rings (SSSR count). The van der Waals surface area contributed by atoms with Crippen molar-refractivity contribution in [1.82, 2.24) is 0 Å². The molecule has 4 aromatic carbocycles. The van der Waals surface area contributed by atoms with Crippen LogP contribution in [0.2, 0.25) is 0 Å². The standard InChI is InChI=1S/C28H21NO2/c30-27-25(29-26(31-27)21-13-5-1-6-14-21)28(22-15-7-2-8-16-22,23-17-9-3-10-18-23)24-19-11-4-12-20-24/h1-20,25H. The Morgan fingerprint density at radius 3 is 1.39 bits per heavy atom. The molecule has 3 nitrogen and oxygen atoms in total. The van der Waals surface area contributed by atoms with Crippen LogP contribution >= 0.6 is 0 Å². The zero-order valence-corrected chi connectivity index (χ0v) is 16.9. The van der Waals surface area contributed by atoms with Gasteiger partial charge >= 0.3 is 5.97 Å². The third-order valence-corrected chi connectivity index (χ3v) is 5.79. The highest BCUT2D eigenvalue weighted by molar-refractivity contribution is 6.07. The highest BCUT2D eigenvalue weighted by Gasteiger charge is 2.51. The van der Waals surface area contributed by atoms with Crippen molar-refractivity contribution in [3.63, 3.8) is 0 Å². The van der Waals surface area contributed by atoms with Crippen LogP contribution in [0.5, 0.6) is 0 Å². The zero-order chi connectivity index (χ0) is 21.1. The largest absolute Gasteiger partial charge is 0.406 e. The van der Waals surface area contributed by atoms with Crippen molar-refractivity contribution in [3.8, 4) is 0 Å². The summed E-state index contributed by atoms with van der Waals surface area (Å²) in [5.41, 5.74) is 2.95. The Balaban J connectivity index is 1.80. The summed E-state index contributed by atoms with van der Waals surface area (Å²) in [5, 5.41) is 0. The summed E-state index contributed by atoms with van der Waals surface area (Å²) in [6, 6.07) is 39.1. The minimum absolute atomic E-state index is 0.351. The Labute approximate surface area is 181 Å². The maximum Gasteiger partial charge on any atom is 0.339 e. The van der Waals surface area contributed by atoms with Gasteiger partial charge in [-0.25, -0.2) is 9.79 Å². The Morgan fingerprint density at radius 1 is 0.581 bits per heavy atom. The number of rotatable bonds is 5. The molecule has 4 aromatic rings. The van der Waals surface area contributed by atoms with E-state index in [0.29, 0.717) is 5.90 Å². The second-order valence-electron chi connectivity index (χ2n) is 7.53. The van der Waals surface area contributed by atoms with Crippen molar-refractivity contribution >= 4 is 11.9 Å². The number of esters is 1. The molecule has 0 bridgehead atoms. The van der Waals surface area contributed by atoms with Crippen molar-refractivity contribution < 1.29 is 9.53 Å². The zero-order valence-electron chi connectivity index (χ0n) is 16.9. The summed E-state index contributed by atoms with van der Waals surface area (Å²) in [6.07, 6.45) is 0. The number of carbonyl (C=O) groups is 1. The molecule has 1 aliphatic rings. The van der Waals surface area contributed by atoms with Crippen molar-refractivity contribution in [3.05, 3.63) is 144 Å².